The molecule has 2 aromatic rings. The van der Waals surface area contributed by atoms with Gasteiger partial charge in [-0.15, -0.1) is 0 Å². The van der Waals surface area contributed by atoms with Crippen LogP contribution in [-0.2, 0) is 4.79 Å². The van der Waals surface area contributed by atoms with Crippen LogP contribution in [0.1, 0.15) is 38.5 Å². The van der Waals surface area contributed by atoms with E-state index in [9.17, 15) is 9.18 Å². The molecule has 6 nitrogen and oxygen atoms in total. The largest absolute Gasteiger partial charge is 0.355 e. The maximum atomic E-state index is 13.5. The fourth-order valence-electron chi connectivity index (χ4n) is 4.52. The number of nitrogens with one attached hydrogen (secondary N) is 1. The standard InChI is InChI=1S/C24H32FN5O/c25-22-9-5-7-19(15-22)21-16-27-24(28-17-21)30-13-6-8-20(18-30)23(31)26-10-14-29-11-3-1-2-4-12-29/h5,7,9,15-17,20H,1-4,6,8,10-14,18H2,(H,26,31)/t20-/m1/s1. The Balaban J connectivity index is 1.29. The van der Waals surface area contributed by atoms with Gasteiger partial charge in [0.05, 0.1) is 5.92 Å². The number of rotatable bonds is 6. The topological polar surface area (TPSA) is 61.4 Å². The molecule has 2 aliphatic rings. The SMILES string of the molecule is O=C(NCCN1CCCCCC1)[C@@H]1CCCN(c2ncc(-c3cccc(F)c3)cn2)C1. The smallest absolute Gasteiger partial charge is 0.225 e. The van der Waals surface area contributed by atoms with Gasteiger partial charge in [0.2, 0.25) is 11.9 Å². The summed E-state index contributed by atoms with van der Waals surface area (Å²) in [6, 6.07) is 6.42. The highest BCUT2D eigenvalue weighted by atomic mass is 19.1. The number of amides is 1. The Morgan fingerprint density at radius 2 is 1.81 bits per heavy atom. The van der Waals surface area contributed by atoms with Crippen LogP contribution in [0.25, 0.3) is 11.1 Å². The van der Waals surface area contributed by atoms with Crippen molar-refractivity contribution < 1.29 is 9.18 Å². The zero-order valence-corrected chi connectivity index (χ0v) is 18.1. The Labute approximate surface area is 183 Å². The molecule has 1 aromatic carbocycles. The van der Waals surface area contributed by atoms with Gasteiger partial charge in [0, 0.05) is 44.1 Å². The lowest BCUT2D eigenvalue weighted by Gasteiger charge is -2.32. The van der Waals surface area contributed by atoms with E-state index in [4.69, 9.17) is 0 Å². The molecular weight excluding hydrogens is 393 g/mol. The molecule has 4 rings (SSSR count). The van der Waals surface area contributed by atoms with Crippen LogP contribution in [0.4, 0.5) is 10.3 Å². The van der Waals surface area contributed by atoms with E-state index in [0.717, 1.165) is 50.1 Å². The fourth-order valence-corrected chi connectivity index (χ4v) is 4.52. The molecule has 2 fully saturated rings. The van der Waals surface area contributed by atoms with Crippen molar-refractivity contribution in [3.8, 4) is 11.1 Å². The van der Waals surface area contributed by atoms with Gasteiger partial charge in [-0.2, -0.15) is 0 Å². The van der Waals surface area contributed by atoms with Crippen LogP contribution in [0, 0.1) is 11.7 Å². The molecule has 0 unspecified atom stereocenters. The number of likely N-dealkylation sites (tertiary alicyclic amines) is 1. The van der Waals surface area contributed by atoms with E-state index in [1.807, 2.05) is 6.07 Å². The van der Waals surface area contributed by atoms with Crippen LogP contribution in [0.2, 0.25) is 0 Å². The summed E-state index contributed by atoms with van der Waals surface area (Å²) >= 11 is 0. The lowest BCUT2D eigenvalue weighted by atomic mass is 9.97. The molecule has 1 amide bonds. The summed E-state index contributed by atoms with van der Waals surface area (Å²) < 4.78 is 13.5. The Hall–Kier alpha value is -2.54. The molecular formula is C24H32FN5O. The van der Waals surface area contributed by atoms with E-state index in [1.54, 1.807) is 18.5 Å². The number of carbonyl (C=O) groups is 1. The highest BCUT2D eigenvalue weighted by Gasteiger charge is 2.27. The summed E-state index contributed by atoms with van der Waals surface area (Å²) in [7, 11) is 0. The molecule has 2 saturated heterocycles. The first-order valence-corrected chi connectivity index (χ1v) is 11.5. The van der Waals surface area contributed by atoms with Crippen molar-refractivity contribution in [3.63, 3.8) is 0 Å². The van der Waals surface area contributed by atoms with Gasteiger partial charge < -0.3 is 15.1 Å². The van der Waals surface area contributed by atoms with Crippen molar-refractivity contribution in [2.45, 2.75) is 38.5 Å². The number of aromatic nitrogens is 2. The predicted molar refractivity (Wildman–Crippen MR) is 120 cm³/mol. The van der Waals surface area contributed by atoms with E-state index < -0.39 is 0 Å². The summed E-state index contributed by atoms with van der Waals surface area (Å²) in [5.74, 6) is 0.449. The Bertz CT molecular complexity index is 851. The molecule has 0 saturated carbocycles. The average molecular weight is 426 g/mol. The maximum Gasteiger partial charge on any atom is 0.225 e. The van der Waals surface area contributed by atoms with Crippen LogP contribution < -0.4 is 10.2 Å². The van der Waals surface area contributed by atoms with Crippen molar-refractivity contribution in [2.24, 2.45) is 5.92 Å². The average Bonchev–Trinajstić information content (AvgIpc) is 3.08. The van der Waals surface area contributed by atoms with E-state index >= 15 is 0 Å². The summed E-state index contributed by atoms with van der Waals surface area (Å²) in [4.78, 5) is 26.2. The summed E-state index contributed by atoms with van der Waals surface area (Å²) in [6.45, 7) is 5.43. The number of carbonyl (C=O) groups excluding carboxylic acids is 1. The molecule has 166 valence electrons. The molecule has 1 N–H and O–H groups in total. The predicted octanol–water partition coefficient (Wildman–Crippen LogP) is 3.49. The second kappa shape index (κ2) is 10.7. The minimum absolute atomic E-state index is 0.0376. The van der Waals surface area contributed by atoms with Gasteiger partial charge in [0.25, 0.3) is 0 Å². The molecule has 31 heavy (non-hydrogen) atoms. The third-order valence-electron chi connectivity index (χ3n) is 6.30. The highest BCUT2D eigenvalue weighted by Crippen LogP contribution is 2.23. The quantitative estimate of drug-likeness (QED) is 0.768. The second-order valence-corrected chi connectivity index (χ2v) is 8.61. The minimum Gasteiger partial charge on any atom is -0.355 e. The third-order valence-corrected chi connectivity index (χ3v) is 6.30. The van der Waals surface area contributed by atoms with Gasteiger partial charge in [0.1, 0.15) is 5.82 Å². The summed E-state index contributed by atoms with van der Waals surface area (Å²) in [6.07, 6.45) is 10.5. The first kappa shape index (κ1) is 21.7. The number of hydrogen-bond acceptors (Lipinski definition) is 5. The van der Waals surface area contributed by atoms with Gasteiger partial charge in [-0.25, -0.2) is 14.4 Å². The first-order chi connectivity index (χ1) is 15.2. The van der Waals surface area contributed by atoms with Crippen molar-refractivity contribution in [2.75, 3.05) is 44.2 Å². The molecule has 0 radical (unpaired) electrons. The number of benzene rings is 1. The molecule has 1 atom stereocenters. The molecule has 7 heteroatoms. The van der Waals surface area contributed by atoms with Crippen molar-refractivity contribution in [1.82, 2.24) is 20.2 Å². The molecule has 2 aliphatic heterocycles. The van der Waals surface area contributed by atoms with E-state index in [0.29, 0.717) is 19.0 Å². The summed E-state index contributed by atoms with van der Waals surface area (Å²) in [5, 5.41) is 3.14. The molecule has 0 aliphatic carbocycles. The summed E-state index contributed by atoms with van der Waals surface area (Å²) in [5.41, 5.74) is 1.54. The van der Waals surface area contributed by atoms with Crippen LogP contribution in [0.15, 0.2) is 36.7 Å². The number of halogens is 1. The van der Waals surface area contributed by atoms with Gasteiger partial charge >= 0.3 is 0 Å². The number of anilines is 1. The molecule has 0 bridgehead atoms. The van der Waals surface area contributed by atoms with Crippen molar-refractivity contribution in [1.29, 1.82) is 0 Å². The molecule has 0 spiro atoms. The Morgan fingerprint density at radius 3 is 2.55 bits per heavy atom. The van der Waals surface area contributed by atoms with Gasteiger partial charge in [0.15, 0.2) is 0 Å². The Morgan fingerprint density at radius 1 is 1.03 bits per heavy atom. The van der Waals surface area contributed by atoms with Crippen molar-refractivity contribution >= 4 is 11.9 Å². The Kier molecular flexibility index (Phi) is 7.46. The zero-order valence-electron chi connectivity index (χ0n) is 18.1. The molecule has 1 aromatic heterocycles. The van der Waals surface area contributed by atoms with Crippen LogP contribution in [0.5, 0.6) is 0 Å². The van der Waals surface area contributed by atoms with Crippen molar-refractivity contribution in [3.05, 3.63) is 42.5 Å². The third kappa shape index (κ3) is 6.00. The normalized spacial score (nSPS) is 20.3. The zero-order chi connectivity index (χ0) is 21.5. The number of hydrogen-bond donors (Lipinski definition) is 1. The van der Waals surface area contributed by atoms with E-state index in [2.05, 4.69) is 25.1 Å². The van der Waals surface area contributed by atoms with Crippen LogP contribution in [0.3, 0.4) is 0 Å². The maximum absolute atomic E-state index is 13.5. The minimum atomic E-state index is -0.276. The second-order valence-electron chi connectivity index (χ2n) is 8.61. The van der Waals surface area contributed by atoms with Gasteiger partial charge in [-0.1, -0.05) is 25.0 Å². The number of piperidine rings is 1. The fraction of sp³-hybridized carbons (Fsp3) is 0.542. The first-order valence-electron chi connectivity index (χ1n) is 11.5. The van der Waals surface area contributed by atoms with E-state index in [1.165, 1.54) is 37.8 Å². The highest BCUT2D eigenvalue weighted by molar-refractivity contribution is 5.79. The van der Waals surface area contributed by atoms with Crippen LogP contribution >= 0.6 is 0 Å². The monoisotopic (exact) mass is 425 g/mol. The lowest BCUT2D eigenvalue weighted by molar-refractivity contribution is -0.125. The van der Waals surface area contributed by atoms with Gasteiger partial charge in [-0.05, 0) is 56.5 Å². The van der Waals surface area contributed by atoms with Gasteiger partial charge in [-0.3, -0.25) is 4.79 Å². The van der Waals surface area contributed by atoms with Crippen LogP contribution in [-0.4, -0.2) is 60.0 Å². The van der Waals surface area contributed by atoms with E-state index in [-0.39, 0.29) is 17.6 Å². The molecule has 3 heterocycles. The lowest BCUT2D eigenvalue weighted by Crippen LogP contribution is -2.45. The number of nitrogens with zero attached hydrogens (tertiary/aromatic N) is 4.